The second-order valence-corrected chi connectivity index (χ2v) is 4.86. The lowest BCUT2D eigenvalue weighted by atomic mass is 10.1. The van der Waals surface area contributed by atoms with Crippen LogP contribution < -0.4 is 15.8 Å². The van der Waals surface area contributed by atoms with E-state index in [-0.39, 0.29) is 17.1 Å². The summed E-state index contributed by atoms with van der Waals surface area (Å²) in [7, 11) is 1.46. The number of nitrogens with two attached hydrogens (primary N) is 1. The van der Waals surface area contributed by atoms with E-state index in [0.717, 1.165) is 12.1 Å². The van der Waals surface area contributed by atoms with Gasteiger partial charge in [-0.1, -0.05) is 5.16 Å². The summed E-state index contributed by atoms with van der Waals surface area (Å²) >= 11 is 1.20. The van der Waals surface area contributed by atoms with Gasteiger partial charge >= 0.3 is 0 Å². The largest absolute Gasteiger partial charge is 0.495 e. The fourth-order valence-corrected chi connectivity index (χ4v) is 2.45. The first-order valence-electron chi connectivity index (χ1n) is 5.77. The lowest BCUT2D eigenvalue weighted by Gasteiger charge is -2.10. The highest BCUT2D eigenvalue weighted by molar-refractivity contribution is 7.12. The third-order valence-corrected chi connectivity index (χ3v) is 3.56. The summed E-state index contributed by atoms with van der Waals surface area (Å²) < 4.78 is 18.3. The van der Waals surface area contributed by atoms with Crippen molar-refractivity contribution in [3.63, 3.8) is 0 Å². The van der Waals surface area contributed by atoms with Gasteiger partial charge in [-0.15, -0.1) is 11.3 Å². The number of methoxy groups -OCH3 is 1. The average Bonchev–Trinajstić information content (AvgIpc) is 2.96. The number of benzene rings is 1. The van der Waals surface area contributed by atoms with Crippen molar-refractivity contribution in [3.05, 3.63) is 45.9 Å². The van der Waals surface area contributed by atoms with E-state index in [0.29, 0.717) is 10.6 Å². The minimum atomic E-state index is -0.566. The number of amides is 1. The Hall–Kier alpha value is -2.61. The van der Waals surface area contributed by atoms with Crippen LogP contribution in [0.3, 0.4) is 0 Å². The summed E-state index contributed by atoms with van der Waals surface area (Å²) in [5.41, 5.74) is 5.79. The topological polar surface area (TPSA) is 96.9 Å². The van der Waals surface area contributed by atoms with Crippen LogP contribution in [0.15, 0.2) is 34.8 Å². The van der Waals surface area contributed by atoms with E-state index >= 15 is 0 Å². The van der Waals surface area contributed by atoms with Gasteiger partial charge in [0.1, 0.15) is 16.4 Å². The number of nitrogens with zero attached hydrogens (tertiary/aromatic N) is 1. The maximum Gasteiger partial charge on any atom is 0.269 e. The Balaban J connectivity index is 2.34. The van der Waals surface area contributed by atoms with Crippen LogP contribution in [0.1, 0.15) is 15.2 Å². The van der Waals surface area contributed by atoms with Gasteiger partial charge < -0.3 is 21.0 Å². The Morgan fingerprint density at radius 3 is 2.90 bits per heavy atom. The molecule has 0 saturated heterocycles. The third kappa shape index (κ3) is 3.11. The van der Waals surface area contributed by atoms with Crippen LogP contribution >= 0.6 is 11.3 Å². The monoisotopic (exact) mass is 309 g/mol. The molecular weight excluding hydrogens is 297 g/mol. The molecule has 0 unspecified atom stereocenters. The quantitative estimate of drug-likeness (QED) is 0.349. The van der Waals surface area contributed by atoms with Crippen molar-refractivity contribution in [3.8, 4) is 5.75 Å². The molecular formula is C13H12FN3O3S. The first-order valence-corrected chi connectivity index (χ1v) is 6.65. The minimum absolute atomic E-state index is 0.0846. The van der Waals surface area contributed by atoms with Crippen molar-refractivity contribution in [1.82, 2.24) is 0 Å². The molecule has 1 aromatic heterocycles. The molecule has 6 nitrogen and oxygen atoms in total. The second kappa shape index (κ2) is 6.23. The van der Waals surface area contributed by atoms with E-state index in [4.69, 9.17) is 15.7 Å². The molecule has 2 rings (SSSR count). The summed E-state index contributed by atoms with van der Waals surface area (Å²) in [4.78, 5) is 12.6. The molecule has 0 aliphatic carbocycles. The average molecular weight is 309 g/mol. The molecule has 2 aromatic rings. The van der Waals surface area contributed by atoms with Crippen LogP contribution in [-0.4, -0.2) is 24.1 Å². The first-order chi connectivity index (χ1) is 10.1. The SMILES string of the molecule is COc1ccsc1C(=O)Nc1ccc(F)cc1/C(N)=N/O. The molecule has 21 heavy (non-hydrogen) atoms. The van der Waals surface area contributed by atoms with Gasteiger partial charge in [-0.3, -0.25) is 4.79 Å². The zero-order chi connectivity index (χ0) is 15.4. The fraction of sp³-hybridized carbons (Fsp3) is 0.0769. The van der Waals surface area contributed by atoms with Crippen molar-refractivity contribution < 1.29 is 19.1 Å². The number of halogens is 1. The number of nitrogens with one attached hydrogen (secondary N) is 1. The van der Waals surface area contributed by atoms with Crippen LogP contribution in [-0.2, 0) is 0 Å². The lowest BCUT2D eigenvalue weighted by molar-refractivity contribution is 0.102. The van der Waals surface area contributed by atoms with Crippen LogP contribution in [0, 0.1) is 5.82 Å². The zero-order valence-electron chi connectivity index (χ0n) is 11.0. The number of hydrogen-bond acceptors (Lipinski definition) is 5. The van der Waals surface area contributed by atoms with E-state index in [1.807, 2.05) is 0 Å². The van der Waals surface area contributed by atoms with Crippen molar-refractivity contribution in [2.75, 3.05) is 12.4 Å². The molecule has 110 valence electrons. The smallest absolute Gasteiger partial charge is 0.269 e. The zero-order valence-corrected chi connectivity index (χ0v) is 11.8. The molecule has 8 heteroatoms. The molecule has 1 heterocycles. The number of oxime groups is 1. The minimum Gasteiger partial charge on any atom is -0.495 e. The predicted octanol–water partition coefficient (Wildman–Crippen LogP) is 2.24. The number of rotatable bonds is 4. The highest BCUT2D eigenvalue weighted by atomic mass is 32.1. The maximum atomic E-state index is 13.3. The van der Waals surface area contributed by atoms with Gasteiger partial charge in [0.05, 0.1) is 12.8 Å². The maximum absolute atomic E-state index is 13.3. The fourth-order valence-electron chi connectivity index (χ4n) is 1.69. The number of amidine groups is 1. The summed E-state index contributed by atoms with van der Waals surface area (Å²) in [5.74, 6) is -0.864. The predicted molar refractivity (Wildman–Crippen MR) is 77.7 cm³/mol. The summed E-state index contributed by atoms with van der Waals surface area (Å²) in [5, 5.41) is 15.8. The number of anilines is 1. The van der Waals surface area contributed by atoms with Gasteiger partial charge in [-0.05, 0) is 29.6 Å². The number of thiophene rings is 1. The molecule has 0 aliphatic heterocycles. The Morgan fingerprint density at radius 2 is 2.24 bits per heavy atom. The highest BCUT2D eigenvalue weighted by Crippen LogP contribution is 2.26. The molecule has 4 N–H and O–H groups in total. The lowest BCUT2D eigenvalue weighted by Crippen LogP contribution is -2.19. The van der Waals surface area contributed by atoms with Gasteiger partial charge in [-0.25, -0.2) is 4.39 Å². The molecule has 0 aliphatic rings. The van der Waals surface area contributed by atoms with Gasteiger partial charge in [0.15, 0.2) is 5.84 Å². The number of carbonyl (C=O) groups excluding carboxylic acids is 1. The Kier molecular flexibility index (Phi) is 4.39. The van der Waals surface area contributed by atoms with E-state index in [2.05, 4.69) is 10.5 Å². The molecule has 1 aromatic carbocycles. The molecule has 0 atom stereocenters. The highest BCUT2D eigenvalue weighted by Gasteiger charge is 2.17. The number of carbonyl (C=O) groups is 1. The molecule has 1 amide bonds. The van der Waals surface area contributed by atoms with Crippen molar-refractivity contribution in [2.45, 2.75) is 0 Å². The van der Waals surface area contributed by atoms with Gasteiger partial charge in [0, 0.05) is 5.56 Å². The standard InChI is InChI=1S/C13H12FN3O3S/c1-20-10-4-5-21-11(10)13(18)16-9-3-2-7(14)6-8(9)12(15)17-19/h2-6,19H,1H3,(H2,15,17)(H,16,18). The summed E-state index contributed by atoms with van der Waals surface area (Å²) in [6, 6.07) is 5.22. The van der Waals surface area contributed by atoms with Crippen molar-refractivity contribution >= 4 is 28.8 Å². The summed E-state index contributed by atoms with van der Waals surface area (Å²) in [6.45, 7) is 0. The molecule has 0 fully saturated rings. The van der Waals surface area contributed by atoms with Crippen molar-refractivity contribution in [2.24, 2.45) is 10.9 Å². The molecule has 0 bridgehead atoms. The van der Waals surface area contributed by atoms with Gasteiger partial charge in [0.25, 0.3) is 5.91 Å². The molecule has 0 spiro atoms. The van der Waals surface area contributed by atoms with Gasteiger partial charge in [0.2, 0.25) is 0 Å². The van der Waals surface area contributed by atoms with Crippen molar-refractivity contribution in [1.29, 1.82) is 0 Å². The van der Waals surface area contributed by atoms with Crippen LogP contribution in [0.5, 0.6) is 5.75 Å². The van der Waals surface area contributed by atoms with E-state index < -0.39 is 11.7 Å². The van der Waals surface area contributed by atoms with E-state index in [1.54, 1.807) is 11.4 Å². The van der Waals surface area contributed by atoms with E-state index in [1.165, 1.54) is 24.5 Å². The van der Waals surface area contributed by atoms with Crippen LogP contribution in [0.2, 0.25) is 0 Å². The summed E-state index contributed by atoms with van der Waals surface area (Å²) in [6.07, 6.45) is 0. The first kappa shape index (κ1) is 14.8. The van der Waals surface area contributed by atoms with Crippen LogP contribution in [0.4, 0.5) is 10.1 Å². The Bertz CT molecular complexity index is 700. The molecule has 0 radical (unpaired) electrons. The third-order valence-electron chi connectivity index (χ3n) is 2.67. The normalized spacial score (nSPS) is 11.2. The second-order valence-electron chi connectivity index (χ2n) is 3.95. The Morgan fingerprint density at radius 1 is 1.48 bits per heavy atom. The molecule has 0 saturated carbocycles. The van der Waals surface area contributed by atoms with E-state index in [9.17, 15) is 9.18 Å². The van der Waals surface area contributed by atoms with Gasteiger partial charge in [-0.2, -0.15) is 0 Å². The van der Waals surface area contributed by atoms with Crippen LogP contribution in [0.25, 0.3) is 0 Å². The number of hydrogen-bond donors (Lipinski definition) is 3. The Labute approximate surface area is 123 Å². The number of ether oxygens (including phenoxy) is 1.